The summed E-state index contributed by atoms with van der Waals surface area (Å²) in [5, 5.41) is 2.65. The molecule has 0 saturated heterocycles. The topological polar surface area (TPSA) is 50.4 Å². The van der Waals surface area contributed by atoms with E-state index in [0.717, 1.165) is 23.0 Å². The lowest BCUT2D eigenvalue weighted by Gasteiger charge is -2.07. The number of unbranched alkanes of at least 4 members (excludes halogenated alkanes) is 1. The van der Waals surface area contributed by atoms with E-state index in [4.69, 9.17) is 4.84 Å². The van der Waals surface area contributed by atoms with E-state index in [9.17, 15) is 4.79 Å². The molecule has 16 heavy (non-hydrogen) atoms. The summed E-state index contributed by atoms with van der Waals surface area (Å²) < 4.78 is 0.970. The van der Waals surface area contributed by atoms with Crippen molar-refractivity contribution in [2.45, 2.75) is 19.8 Å². The lowest BCUT2D eigenvalue weighted by atomic mass is 10.3. The van der Waals surface area contributed by atoms with Crippen LogP contribution in [0.25, 0.3) is 0 Å². The zero-order chi connectivity index (χ0) is 11.8. The van der Waals surface area contributed by atoms with Crippen LogP contribution in [0.3, 0.4) is 0 Å². The molecule has 88 valence electrons. The fourth-order valence-corrected chi connectivity index (χ4v) is 1.29. The second-order valence-electron chi connectivity index (χ2n) is 3.27. The Hall–Kier alpha value is -1.07. The van der Waals surface area contributed by atoms with Gasteiger partial charge in [-0.3, -0.25) is 4.84 Å². The number of anilines is 1. The minimum Gasteiger partial charge on any atom is -0.306 e. The summed E-state index contributed by atoms with van der Waals surface area (Å²) in [4.78, 5) is 16.3. The van der Waals surface area contributed by atoms with Gasteiger partial charge >= 0.3 is 6.03 Å². The average Bonchev–Trinajstić information content (AvgIpc) is 2.28. The van der Waals surface area contributed by atoms with Crippen LogP contribution in [0.4, 0.5) is 10.5 Å². The molecule has 0 unspecified atom stereocenters. The van der Waals surface area contributed by atoms with Crippen molar-refractivity contribution in [1.82, 2.24) is 5.48 Å². The summed E-state index contributed by atoms with van der Waals surface area (Å²) in [6.07, 6.45) is 1.97. The van der Waals surface area contributed by atoms with Crippen molar-refractivity contribution in [3.63, 3.8) is 0 Å². The van der Waals surface area contributed by atoms with Crippen molar-refractivity contribution in [3.05, 3.63) is 28.7 Å². The maximum atomic E-state index is 11.3. The van der Waals surface area contributed by atoms with Crippen LogP contribution in [0, 0.1) is 0 Å². The predicted molar refractivity (Wildman–Crippen MR) is 67.2 cm³/mol. The van der Waals surface area contributed by atoms with E-state index in [0.29, 0.717) is 6.61 Å². The third-order valence-corrected chi connectivity index (χ3v) is 2.40. The first-order valence-corrected chi connectivity index (χ1v) is 5.96. The Labute approximate surface area is 103 Å². The molecule has 0 atom stereocenters. The van der Waals surface area contributed by atoms with Gasteiger partial charge in [0.1, 0.15) is 0 Å². The molecule has 0 aromatic heterocycles. The highest BCUT2D eigenvalue weighted by Gasteiger charge is 2.00. The number of hydrogen-bond acceptors (Lipinski definition) is 2. The van der Waals surface area contributed by atoms with E-state index in [-0.39, 0.29) is 6.03 Å². The number of halogens is 1. The Bertz CT molecular complexity index is 327. The fraction of sp³-hybridized carbons (Fsp3) is 0.364. The van der Waals surface area contributed by atoms with Gasteiger partial charge < -0.3 is 5.32 Å². The molecule has 1 aromatic carbocycles. The molecular formula is C11H15BrN2O2. The summed E-state index contributed by atoms with van der Waals surface area (Å²) in [5.74, 6) is 0. The lowest BCUT2D eigenvalue weighted by molar-refractivity contribution is 0.0640. The average molecular weight is 287 g/mol. The summed E-state index contributed by atoms with van der Waals surface area (Å²) in [5.41, 5.74) is 3.04. The van der Waals surface area contributed by atoms with E-state index in [1.807, 2.05) is 12.1 Å². The smallest absolute Gasteiger partial charge is 0.306 e. The number of hydroxylamine groups is 1. The number of nitrogens with one attached hydrogen (secondary N) is 2. The van der Waals surface area contributed by atoms with Crippen LogP contribution < -0.4 is 10.8 Å². The summed E-state index contributed by atoms with van der Waals surface area (Å²) >= 11 is 3.32. The first kappa shape index (κ1) is 13.0. The van der Waals surface area contributed by atoms with Gasteiger partial charge in [0, 0.05) is 10.2 Å². The number of hydrogen-bond donors (Lipinski definition) is 2. The highest BCUT2D eigenvalue weighted by atomic mass is 79.9. The van der Waals surface area contributed by atoms with Gasteiger partial charge in [-0.15, -0.1) is 0 Å². The molecule has 0 bridgehead atoms. The van der Waals surface area contributed by atoms with Crippen molar-refractivity contribution < 1.29 is 9.63 Å². The van der Waals surface area contributed by atoms with Crippen LogP contribution in [0.2, 0.25) is 0 Å². The second kappa shape index (κ2) is 7.24. The van der Waals surface area contributed by atoms with E-state index >= 15 is 0 Å². The summed E-state index contributed by atoms with van der Waals surface area (Å²) in [6, 6.07) is 6.95. The number of rotatable bonds is 5. The molecule has 1 aromatic rings. The Morgan fingerprint density at radius 3 is 2.69 bits per heavy atom. The van der Waals surface area contributed by atoms with Crippen LogP contribution in [0.1, 0.15) is 19.8 Å². The second-order valence-corrected chi connectivity index (χ2v) is 4.18. The molecule has 0 aliphatic heterocycles. The van der Waals surface area contributed by atoms with Crippen molar-refractivity contribution in [1.29, 1.82) is 0 Å². The minimum atomic E-state index is -0.363. The fourth-order valence-electron chi connectivity index (χ4n) is 1.02. The lowest BCUT2D eigenvalue weighted by Crippen LogP contribution is -2.29. The molecule has 1 rings (SSSR count). The number of benzene rings is 1. The summed E-state index contributed by atoms with van der Waals surface area (Å²) in [6.45, 7) is 2.59. The van der Waals surface area contributed by atoms with Crippen LogP contribution >= 0.6 is 15.9 Å². The van der Waals surface area contributed by atoms with Crippen LogP contribution in [-0.4, -0.2) is 12.6 Å². The van der Waals surface area contributed by atoms with Crippen molar-refractivity contribution in [2.75, 3.05) is 11.9 Å². The van der Waals surface area contributed by atoms with E-state index in [1.165, 1.54) is 0 Å². The highest BCUT2D eigenvalue weighted by Crippen LogP contribution is 2.13. The Morgan fingerprint density at radius 1 is 1.38 bits per heavy atom. The van der Waals surface area contributed by atoms with Crippen LogP contribution in [-0.2, 0) is 4.84 Å². The van der Waals surface area contributed by atoms with Crippen molar-refractivity contribution in [2.24, 2.45) is 0 Å². The van der Waals surface area contributed by atoms with E-state index in [2.05, 4.69) is 33.7 Å². The number of carbonyl (C=O) groups is 1. The van der Waals surface area contributed by atoms with E-state index < -0.39 is 0 Å². The van der Waals surface area contributed by atoms with Gasteiger partial charge in [-0.1, -0.05) is 29.3 Å². The first-order chi connectivity index (χ1) is 7.72. The molecule has 0 radical (unpaired) electrons. The molecular weight excluding hydrogens is 272 g/mol. The van der Waals surface area contributed by atoms with Gasteiger partial charge in [-0.25, -0.2) is 10.3 Å². The van der Waals surface area contributed by atoms with Gasteiger partial charge in [0.25, 0.3) is 0 Å². The van der Waals surface area contributed by atoms with Gasteiger partial charge in [-0.2, -0.15) is 0 Å². The molecule has 0 aliphatic rings. The molecule has 2 amide bonds. The molecule has 5 heteroatoms. The van der Waals surface area contributed by atoms with Gasteiger partial charge in [-0.05, 0) is 30.7 Å². The predicted octanol–water partition coefficient (Wildman–Crippen LogP) is 3.30. The molecule has 0 fully saturated rings. The molecule has 0 saturated carbocycles. The molecule has 0 spiro atoms. The molecule has 0 heterocycles. The van der Waals surface area contributed by atoms with Crippen LogP contribution in [0.15, 0.2) is 28.7 Å². The van der Waals surface area contributed by atoms with E-state index in [1.54, 1.807) is 12.1 Å². The number of carbonyl (C=O) groups excluding carboxylic acids is 1. The van der Waals surface area contributed by atoms with Gasteiger partial charge in [0.15, 0.2) is 0 Å². The number of amides is 2. The number of urea groups is 1. The normalized spacial score (nSPS) is 9.88. The quantitative estimate of drug-likeness (QED) is 0.645. The largest absolute Gasteiger partial charge is 0.343 e. The van der Waals surface area contributed by atoms with Crippen molar-refractivity contribution in [3.8, 4) is 0 Å². The monoisotopic (exact) mass is 286 g/mol. The maximum absolute atomic E-state index is 11.3. The zero-order valence-corrected chi connectivity index (χ0v) is 10.7. The minimum absolute atomic E-state index is 0.363. The van der Waals surface area contributed by atoms with Gasteiger partial charge in [0.05, 0.1) is 6.61 Å². The third-order valence-electron chi connectivity index (χ3n) is 1.87. The summed E-state index contributed by atoms with van der Waals surface area (Å²) in [7, 11) is 0. The van der Waals surface area contributed by atoms with Crippen LogP contribution in [0.5, 0.6) is 0 Å². The Kier molecular flexibility index (Phi) is 5.88. The maximum Gasteiger partial charge on any atom is 0.343 e. The molecule has 4 nitrogen and oxygen atoms in total. The van der Waals surface area contributed by atoms with Crippen molar-refractivity contribution >= 4 is 27.6 Å². The standard InChI is InChI=1S/C11H15BrN2O2/c1-2-3-8-16-14-11(15)13-10-6-4-9(12)5-7-10/h4-7H,2-3,8H2,1H3,(H2,13,14,15). The van der Waals surface area contributed by atoms with Gasteiger partial charge in [0.2, 0.25) is 0 Å². The Morgan fingerprint density at radius 2 is 2.06 bits per heavy atom. The zero-order valence-electron chi connectivity index (χ0n) is 9.13. The highest BCUT2D eigenvalue weighted by molar-refractivity contribution is 9.10. The molecule has 2 N–H and O–H groups in total. The molecule has 0 aliphatic carbocycles. The third kappa shape index (κ3) is 5.14. The first-order valence-electron chi connectivity index (χ1n) is 5.16. The SMILES string of the molecule is CCCCONC(=O)Nc1ccc(Br)cc1. The Balaban J connectivity index is 2.26.